The smallest absolute Gasteiger partial charge is 0.245 e. The molecule has 1 heterocycles. The number of nitrogens with zero attached hydrogens (tertiary/aromatic N) is 1. The minimum atomic E-state index is -0.464. The van der Waals surface area contributed by atoms with Crippen LogP contribution >= 0.6 is 11.6 Å². The van der Waals surface area contributed by atoms with Gasteiger partial charge >= 0.3 is 0 Å². The minimum Gasteiger partial charge on any atom is -0.305 e. The van der Waals surface area contributed by atoms with E-state index in [4.69, 9.17) is 11.6 Å². The molecule has 0 saturated heterocycles. The molecule has 3 rings (SSSR count). The van der Waals surface area contributed by atoms with Crippen molar-refractivity contribution in [2.24, 2.45) is 0 Å². The van der Waals surface area contributed by atoms with Crippen molar-refractivity contribution in [2.45, 2.75) is 62.8 Å². The number of halogens is 1. The predicted octanol–water partition coefficient (Wildman–Crippen LogP) is 4.47. The first kappa shape index (κ1) is 13.9. The van der Waals surface area contributed by atoms with Crippen LogP contribution in [0.25, 0.3) is 0 Å². The van der Waals surface area contributed by atoms with E-state index in [9.17, 15) is 4.79 Å². The molecule has 2 unspecified atom stereocenters. The molecular weight excluding hydrogens is 270 g/mol. The van der Waals surface area contributed by atoms with E-state index in [0.717, 1.165) is 24.9 Å². The van der Waals surface area contributed by atoms with Crippen LogP contribution in [-0.4, -0.2) is 16.8 Å². The molecule has 0 bridgehead atoms. The summed E-state index contributed by atoms with van der Waals surface area (Å²) in [7, 11) is 0. The first-order valence-corrected chi connectivity index (χ1v) is 8.06. The van der Waals surface area contributed by atoms with Gasteiger partial charge in [-0.15, -0.1) is 11.6 Å². The van der Waals surface area contributed by atoms with Gasteiger partial charge in [0.2, 0.25) is 5.91 Å². The molecule has 108 valence electrons. The monoisotopic (exact) mass is 291 g/mol. The van der Waals surface area contributed by atoms with Crippen LogP contribution in [0.2, 0.25) is 0 Å². The molecule has 0 N–H and O–H groups in total. The Morgan fingerprint density at radius 1 is 1.35 bits per heavy atom. The van der Waals surface area contributed by atoms with E-state index in [1.165, 1.54) is 18.4 Å². The average molecular weight is 292 g/mol. The second-order valence-corrected chi connectivity index (χ2v) is 7.04. The first-order chi connectivity index (χ1) is 9.55. The van der Waals surface area contributed by atoms with Gasteiger partial charge in [0, 0.05) is 11.2 Å². The van der Waals surface area contributed by atoms with E-state index in [1.54, 1.807) is 6.92 Å². The van der Waals surface area contributed by atoms with Crippen LogP contribution in [0, 0.1) is 0 Å². The van der Waals surface area contributed by atoms with Crippen LogP contribution in [0.3, 0.4) is 0 Å². The average Bonchev–Trinajstić information content (AvgIpc) is 2.87. The topological polar surface area (TPSA) is 20.3 Å². The van der Waals surface area contributed by atoms with Crippen LogP contribution in [0.5, 0.6) is 0 Å². The van der Waals surface area contributed by atoms with E-state index in [-0.39, 0.29) is 11.4 Å². The van der Waals surface area contributed by atoms with Gasteiger partial charge in [-0.2, -0.15) is 0 Å². The number of alkyl halides is 1. The van der Waals surface area contributed by atoms with E-state index in [0.29, 0.717) is 5.92 Å². The Hall–Kier alpha value is -1.02. The van der Waals surface area contributed by atoms with Crippen LogP contribution < -0.4 is 4.90 Å². The van der Waals surface area contributed by atoms with Crippen molar-refractivity contribution < 1.29 is 4.79 Å². The highest BCUT2D eigenvalue weighted by Crippen LogP contribution is 2.50. The summed E-state index contributed by atoms with van der Waals surface area (Å²) < 4.78 is 0. The quantitative estimate of drug-likeness (QED) is 0.699. The number of amides is 1. The molecule has 2 nitrogen and oxygen atoms in total. The molecule has 1 spiro atoms. The summed E-state index contributed by atoms with van der Waals surface area (Å²) in [5.74, 6) is 0.576. The lowest BCUT2D eigenvalue weighted by molar-refractivity contribution is -0.119. The number of benzene rings is 1. The molecule has 1 fully saturated rings. The van der Waals surface area contributed by atoms with Gasteiger partial charge < -0.3 is 4.90 Å². The Balaban J connectivity index is 2.13. The number of rotatable bonds is 1. The van der Waals surface area contributed by atoms with Crippen LogP contribution in [0.4, 0.5) is 5.69 Å². The molecule has 1 aromatic rings. The first-order valence-electron chi connectivity index (χ1n) is 7.62. The Morgan fingerprint density at radius 2 is 2.00 bits per heavy atom. The maximum Gasteiger partial charge on any atom is 0.245 e. The summed E-state index contributed by atoms with van der Waals surface area (Å²) in [4.78, 5) is 14.8. The summed E-state index contributed by atoms with van der Waals surface area (Å²) in [6.07, 6.45) is 5.73. The molecule has 1 aliphatic carbocycles. The van der Waals surface area contributed by atoms with Crippen molar-refractivity contribution in [3.63, 3.8) is 0 Å². The highest BCUT2D eigenvalue weighted by atomic mass is 35.5. The zero-order valence-corrected chi connectivity index (χ0v) is 13.0. The Labute approximate surface area is 126 Å². The minimum absolute atomic E-state index is 0.00794. The lowest BCUT2D eigenvalue weighted by Crippen LogP contribution is -2.55. The van der Waals surface area contributed by atoms with Gasteiger partial charge in [0.05, 0.1) is 0 Å². The standard InChI is InChI=1S/C17H22ClNO/c1-12-11-17(9-5-6-10-17)19(16(20)13(2)18)15-8-4-3-7-14(12)15/h3-4,7-8,12-13H,5-6,9-11H2,1-2H3. The number of hydrogen-bond acceptors (Lipinski definition) is 1. The zero-order valence-electron chi connectivity index (χ0n) is 12.2. The highest BCUT2D eigenvalue weighted by molar-refractivity contribution is 6.32. The van der Waals surface area contributed by atoms with Crippen molar-refractivity contribution in [1.82, 2.24) is 0 Å². The summed E-state index contributed by atoms with van der Waals surface area (Å²) >= 11 is 6.13. The molecule has 0 aromatic heterocycles. The van der Waals surface area contributed by atoms with E-state index >= 15 is 0 Å². The van der Waals surface area contributed by atoms with Gasteiger partial charge in [-0.3, -0.25) is 4.79 Å². The van der Waals surface area contributed by atoms with Crippen LogP contribution in [0.15, 0.2) is 24.3 Å². The number of carbonyl (C=O) groups excluding carboxylic acids is 1. The third-order valence-electron chi connectivity index (χ3n) is 4.96. The van der Waals surface area contributed by atoms with Crippen molar-refractivity contribution in [3.8, 4) is 0 Å². The fourth-order valence-electron chi connectivity index (χ4n) is 4.13. The number of hydrogen-bond donors (Lipinski definition) is 0. The fourth-order valence-corrected chi connectivity index (χ4v) is 4.22. The largest absolute Gasteiger partial charge is 0.305 e. The molecular formula is C17H22ClNO. The molecule has 2 atom stereocenters. The van der Waals surface area contributed by atoms with Crippen molar-refractivity contribution >= 4 is 23.2 Å². The molecule has 1 aromatic carbocycles. The lowest BCUT2D eigenvalue weighted by atomic mass is 9.76. The molecule has 20 heavy (non-hydrogen) atoms. The molecule has 1 amide bonds. The summed E-state index contributed by atoms with van der Waals surface area (Å²) in [6.45, 7) is 4.07. The summed E-state index contributed by atoms with van der Waals surface area (Å²) in [5.41, 5.74) is 2.38. The summed E-state index contributed by atoms with van der Waals surface area (Å²) in [6, 6.07) is 8.33. The van der Waals surface area contributed by atoms with Gasteiger partial charge in [-0.25, -0.2) is 0 Å². The highest BCUT2D eigenvalue weighted by Gasteiger charge is 2.48. The van der Waals surface area contributed by atoms with Crippen LogP contribution in [-0.2, 0) is 4.79 Å². The lowest BCUT2D eigenvalue weighted by Gasteiger charge is -2.48. The molecule has 1 saturated carbocycles. The zero-order chi connectivity index (χ0) is 14.3. The second kappa shape index (κ2) is 5.07. The summed E-state index contributed by atoms with van der Waals surface area (Å²) in [5, 5.41) is -0.464. The number of anilines is 1. The number of carbonyl (C=O) groups is 1. The van der Waals surface area contributed by atoms with Crippen molar-refractivity contribution in [2.75, 3.05) is 4.90 Å². The third kappa shape index (κ3) is 2.05. The van der Waals surface area contributed by atoms with Crippen molar-refractivity contribution in [3.05, 3.63) is 29.8 Å². The predicted molar refractivity (Wildman–Crippen MR) is 83.5 cm³/mol. The van der Waals surface area contributed by atoms with E-state index in [2.05, 4.69) is 25.1 Å². The van der Waals surface area contributed by atoms with Gasteiger partial charge in [-0.1, -0.05) is 38.0 Å². The normalized spacial score (nSPS) is 25.6. The molecule has 3 heteroatoms. The Morgan fingerprint density at radius 3 is 2.65 bits per heavy atom. The second-order valence-electron chi connectivity index (χ2n) is 6.39. The van der Waals surface area contributed by atoms with Crippen LogP contribution in [0.1, 0.15) is 57.4 Å². The number of para-hydroxylation sites is 1. The molecule has 2 aliphatic rings. The Kier molecular flexibility index (Phi) is 3.53. The molecule has 0 radical (unpaired) electrons. The maximum absolute atomic E-state index is 12.7. The maximum atomic E-state index is 12.7. The van der Waals surface area contributed by atoms with Gasteiger partial charge in [0.15, 0.2) is 0 Å². The molecule has 1 aliphatic heterocycles. The van der Waals surface area contributed by atoms with E-state index in [1.807, 2.05) is 11.0 Å². The van der Waals surface area contributed by atoms with Gasteiger partial charge in [0.25, 0.3) is 0 Å². The van der Waals surface area contributed by atoms with Crippen molar-refractivity contribution in [1.29, 1.82) is 0 Å². The SMILES string of the molecule is CC(Cl)C(=O)N1c2ccccc2C(C)CC12CCCC2. The third-order valence-corrected chi connectivity index (χ3v) is 5.15. The Bertz CT molecular complexity index is 519. The van der Waals surface area contributed by atoms with E-state index < -0.39 is 5.38 Å². The van der Waals surface area contributed by atoms with Gasteiger partial charge in [-0.05, 0) is 43.7 Å². The van der Waals surface area contributed by atoms with Gasteiger partial charge in [0.1, 0.15) is 5.38 Å². The fraction of sp³-hybridized carbons (Fsp3) is 0.588. The number of fused-ring (bicyclic) bond motifs is 1.